The second kappa shape index (κ2) is 9.74. The Kier molecular flexibility index (Phi) is 7.89. The first-order valence-corrected chi connectivity index (χ1v) is 11.1. The van der Waals surface area contributed by atoms with E-state index in [1.165, 1.54) is 12.1 Å². The molecule has 0 spiro atoms. The molecule has 5 nitrogen and oxygen atoms in total. The first-order valence-electron chi connectivity index (χ1n) is 8.87. The van der Waals surface area contributed by atoms with Gasteiger partial charge in [-0.3, -0.25) is 4.79 Å². The maximum absolute atomic E-state index is 13.2. The topological polar surface area (TPSA) is 66.5 Å². The maximum Gasteiger partial charge on any atom is 0.243 e. The van der Waals surface area contributed by atoms with Gasteiger partial charge in [-0.15, -0.1) is 0 Å². The lowest BCUT2D eigenvalue weighted by atomic mass is 10.2. The molecule has 0 aliphatic carbocycles. The van der Waals surface area contributed by atoms with Gasteiger partial charge < -0.3 is 5.32 Å². The van der Waals surface area contributed by atoms with E-state index in [4.69, 9.17) is 23.2 Å². The van der Waals surface area contributed by atoms with Crippen LogP contribution in [0.25, 0.3) is 0 Å². The fourth-order valence-electron chi connectivity index (χ4n) is 2.48. The molecule has 28 heavy (non-hydrogen) atoms. The molecule has 0 heterocycles. The van der Waals surface area contributed by atoms with Gasteiger partial charge in [0.05, 0.1) is 11.4 Å². The van der Waals surface area contributed by atoms with Crippen LogP contribution in [-0.4, -0.2) is 31.7 Å². The van der Waals surface area contributed by atoms with Crippen LogP contribution >= 0.6 is 23.2 Å². The number of benzene rings is 2. The summed E-state index contributed by atoms with van der Waals surface area (Å²) in [5.74, 6) is -0.128. The predicted molar refractivity (Wildman–Crippen MR) is 113 cm³/mol. The molecule has 0 unspecified atom stereocenters. The van der Waals surface area contributed by atoms with E-state index in [2.05, 4.69) is 5.32 Å². The Labute approximate surface area is 176 Å². The molecule has 152 valence electrons. The van der Waals surface area contributed by atoms with Crippen LogP contribution in [-0.2, 0) is 21.4 Å². The van der Waals surface area contributed by atoms with Crippen molar-refractivity contribution in [1.29, 1.82) is 0 Å². The van der Waals surface area contributed by atoms with E-state index in [0.717, 1.165) is 9.87 Å². The Hall–Kier alpha value is -1.60. The minimum atomic E-state index is -3.93. The lowest BCUT2D eigenvalue weighted by Gasteiger charge is -2.23. The quantitative estimate of drug-likeness (QED) is 0.663. The van der Waals surface area contributed by atoms with Gasteiger partial charge in [0.1, 0.15) is 0 Å². The van der Waals surface area contributed by atoms with E-state index in [0.29, 0.717) is 22.2 Å². The van der Waals surface area contributed by atoms with Gasteiger partial charge in [-0.1, -0.05) is 60.8 Å². The number of halogens is 2. The van der Waals surface area contributed by atoms with Crippen molar-refractivity contribution in [1.82, 2.24) is 9.62 Å². The van der Waals surface area contributed by atoms with Crippen LogP contribution in [0.15, 0.2) is 47.4 Å². The molecule has 0 saturated heterocycles. The number of aryl methyl sites for hydroxylation is 1. The number of rotatable bonds is 8. The second-order valence-electron chi connectivity index (χ2n) is 6.98. The third-order valence-electron chi connectivity index (χ3n) is 4.08. The third-order valence-corrected chi connectivity index (χ3v) is 6.60. The summed E-state index contributed by atoms with van der Waals surface area (Å²) in [5.41, 5.74) is 1.40. The van der Waals surface area contributed by atoms with Crippen molar-refractivity contribution in [3.05, 3.63) is 63.6 Å². The summed E-state index contributed by atoms with van der Waals surface area (Å²) in [6.07, 6.45) is 0. The van der Waals surface area contributed by atoms with Crippen LogP contribution in [0.2, 0.25) is 10.0 Å². The van der Waals surface area contributed by atoms with Gasteiger partial charge >= 0.3 is 0 Å². The number of carbonyl (C=O) groups is 1. The van der Waals surface area contributed by atoms with Crippen LogP contribution in [0.5, 0.6) is 0 Å². The van der Waals surface area contributed by atoms with Gasteiger partial charge in [-0.25, -0.2) is 8.42 Å². The van der Waals surface area contributed by atoms with Crippen molar-refractivity contribution >= 4 is 39.1 Å². The Morgan fingerprint density at radius 1 is 1.07 bits per heavy atom. The summed E-state index contributed by atoms with van der Waals surface area (Å²) in [6.45, 7) is 5.82. The largest absolute Gasteiger partial charge is 0.355 e. The van der Waals surface area contributed by atoms with Crippen molar-refractivity contribution in [3.63, 3.8) is 0 Å². The highest BCUT2D eigenvalue weighted by Gasteiger charge is 2.28. The molecular formula is C20H24Cl2N2O3S. The fourth-order valence-corrected chi connectivity index (χ4v) is 4.36. The lowest BCUT2D eigenvalue weighted by molar-refractivity contribution is -0.121. The minimum Gasteiger partial charge on any atom is -0.355 e. The van der Waals surface area contributed by atoms with Gasteiger partial charge in [0.2, 0.25) is 15.9 Å². The molecule has 0 aliphatic rings. The molecule has 0 aromatic heterocycles. The highest BCUT2D eigenvalue weighted by molar-refractivity contribution is 7.89. The summed E-state index contributed by atoms with van der Waals surface area (Å²) >= 11 is 12.4. The molecule has 2 aromatic carbocycles. The third kappa shape index (κ3) is 5.95. The number of nitrogens with zero attached hydrogens (tertiary/aromatic N) is 1. The van der Waals surface area contributed by atoms with E-state index < -0.39 is 10.0 Å². The fraction of sp³-hybridized carbons (Fsp3) is 0.350. The minimum absolute atomic E-state index is 0.107. The van der Waals surface area contributed by atoms with Crippen LogP contribution in [0.4, 0.5) is 0 Å². The molecule has 2 rings (SSSR count). The van der Waals surface area contributed by atoms with Crippen molar-refractivity contribution in [2.24, 2.45) is 5.92 Å². The normalized spacial score (nSPS) is 11.8. The van der Waals surface area contributed by atoms with Gasteiger partial charge in [-0.05, 0) is 37.1 Å². The Balaban J connectivity index is 2.37. The number of carbonyl (C=O) groups excluding carboxylic acids is 1. The molecule has 0 bridgehead atoms. The molecule has 8 heteroatoms. The number of amides is 1. The van der Waals surface area contributed by atoms with Crippen molar-refractivity contribution < 1.29 is 13.2 Å². The standard InChI is InChI=1S/C20H24Cl2N2O3S/c1-14(2)11-23-20(25)13-24(12-17-18(21)5-4-6-19(17)22)28(26,27)16-9-7-15(3)8-10-16/h4-10,14H,11-13H2,1-3H3,(H,23,25). The lowest BCUT2D eigenvalue weighted by Crippen LogP contribution is -2.41. The maximum atomic E-state index is 13.2. The number of hydrogen-bond donors (Lipinski definition) is 1. The molecule has 0 atom stereocenters. The second-order valence-corrected chi connectivity index (χ2v) is 9.74. The molecule has 1 N–H and O–H groups in total. The molecular weight excluding hydrogens is 419 g/mol. The van der Waals surface area contributed by atoms with Crippen LogP contribution < -0.4 is 5.32 Å². The van der Waals surface area contributed by atoms with Gasteiger partial charge in [0.15, 0.2) is 0 Å². The summed E-state index contributed by atoms with van der Waals surface area (Å²) in [6, 6.07) is 11.4. The average Bonchev–Trinajstić information content (AvgIpc) is 2.62. The SMILES string of the molecule is Cc1ccc(S(=O)(=O)N(CC(=O)NCC(C)C)Cc2c(Cl)cccc2Cl)cc1. The molecule has 0 fully saturated rings. The first-order chi connectivity index (χ1) is 13.1. The van der Waals surface area contributed by atoms with E-state index >= 15 is 0 Å². The zero-order valence-corrected chi connectivity index (χ0v) is 18.4. The highest BCUT2D eigenvalue weighted by Crippen LogP contribution is 2.28. The predicted octanol–water partition coefficient (Wildman–Crippen LogP) is 4.26. The summed E-state index contributed by atoms with van der Waals surface area (Å²) in [4.78, 5) is 12.5. The van der Waals surface area contributed by atoms with Crippen molar-refractivity contribution in [2.75, 3.05) is 13.1 Å². The van der Waals surface area contributed by atoms with E-state index in [1.807, 2.05) is 20.8 Å². The van der Waals surface area contributed by atoms with Gasteiger partial charge in [0, 0.05) is 28.7 Å². The summed E-state index contributed by atoms with van der Waals surface area (Å²) < 4.78 is 27.5. The first kappa shape index (κ1) is 22.7. The average molecular weight is 443 g/mol. The van der Waals surface area contributed by atoms with E-state index in [9.17, 15) is 13.2 Å². The smallest absolute Gasteiger partial charge is 0.243 e. The molecule has 0 radical (unpaired) electrons. The Bertz CT molecular complexity index is 909. The highest BCUT2D eigenvalue weighted by atomic mass is 35.5. The molecule has 0 aliphatic heterocycles. The van der Waals surface area contributed by atoms with Crippen LogP contribution in [0.1, 0.15) is 25.0 Å². The van der Waals surface area contributed by atoms with Gasteiger partial charge in [0.25, 0.3) is 0 Å². The summed E-state index contributed by atoms with van der Waals surface area (Å²) in [5, 5.41) is 3.44. The zero-order chi connectivity index (χ0) is 20.9. The van der Waals surface area contributed by atoms with Gasteiger partial charge in [-0.2, -0.15) is 4.31 Å². The molecule has 1 amide bonds. The van der Waals surface area contributed by atoms with E-state index in [-0.39, 0.29) is 29.8 Å². The van der Waals surface area contributed by atoms with Crippen LogP contribution in [0.3, 0.4) is 0 Å². The van der Waals surface area contributed by atoms with Crippen molar-refractivity contribution in [3.8, 4) is 0 Å². The number of nitrogens with one attached hydrogen (secondary N) is 1. The molecule has 0 saturated carbocycles. The summed E-state index contributed by atoms with van der Waals surface area (Å²) in [7, 11) is -3.93. The van der Waals surface area contributed by atoms with E-state index in [1.54, 1.807) is 30.3 Å². The number of sulfonamides is 1. The Morgan fingerprint density at radius 2 is 1.64 bits per heavy atom. The number of hydrogen-bond acceptors (Lipinski definition) is 3. The van der Waals surface area contributed by atoms with Crippen molar-refractivity contribution in [2.45, 2.75) is 32.2 Å². The van der Waals surface area contributed by atoms with Crippen LogP contribution in [0, 0.1) is 12.8 Å². The molecule has 2 aromatic rings. The monoisotopic (exact) mass is 442 g/mol. The zero-order valence-electron chi connectivity index (χ0n) is 16.1. The Morgan fingerprint density at radius 3 is 2.18 bits per heavy atom.